The number of pyridine rings is 1. The minimum Gasteiger partial charge on any atom is -0.470 e. The quantitative estimate of drug-likeness (QED) is 0.359. The van der Waals surface area contributed by atoms with E-state index < -0.39 is 6.09 Å². The number of ether oxygens (including phenoxy) is 1. The first kappa shape index (κ1) is 24.0. The first-order chi connectivity index (χ1) is 17.2. The highest BCUT2D eigenvalue weighted by molar-refractivity contribution is 6.33. The van der Waals surface area contributed by atoms with Crippen molar-refractivity contribution in [2.75, 3.05) is 13.6 Å². The van der Waals surface area contributed by atoms with Gasteiger partial charge in [-0.3, -0.25) is 4.98 Å². The Kier molecular flexibility index (Phi) is 6.26. The topological polar surface area (TPSA) is 106 Å². The van der Waals surface area contributed by atoms with E-state index in [2.05, 4.69) is 21.9 Å². The Balaban J connectivity index is 1.57. The standard InChI is InChI=1S/C26H27ClN6O3/c1-16-6-10-28-18(12-16)14-33-22(19-5-4-17(13-20(19)27)7-11-32(3)25(34)35)31-21-23(33)29-15-30-24(21)36-26(2)8-9-26/h4-6,10,12-13,15H,7-9,11,14H2,1-3H3,(H,34,35). The third-order valence-corrected chi connectivity index (χ3v) is 6.74. The number of hydrogen-bond donors (Lipinski definition) is 1. The molecule has 10 heteroatoms. The van der Waals surface area contributed by atoms with E-state index in [1.165, 1.54) is 11.2 Å². The molecule has 0 atom stereocenters. The molecular weight excluding hydrogens is 480 g/mol. The van der Waals surface area contributed by atoms with Crippen LogP contribution in [0, 0.1) is 6.92 Å². The number of imidazole rings is 1. The molecule has 9 nitrogen and oxygen atoms in total. The summed E-state index contributed by atoms with van der Waals surface area (Å²) in [6.45, 7) is 4.91. The van der Waals surface area contributed by atoms with Gasteiger partial charge in [0, 0.05) is 25.4 Å². The summed E-state index contributed by atoms with van der Waals surface area (Å²) in [7, 11) is 1.54. The number of aryl methyl sites for hydroxylation is 1. The highest BCUT2D eigenvalue weighted by Gasteiger charge is 2.41. The predicted octanol–water partition coefficient (Wildman–Crippen LogP) is 4.98. The fourth-order valence-electron chi connectivity index (χ4n) is 3.99. The lowest BCUT2D eigenvalue weighted by molar-refractivity contribution is 0.156. The summed E-state index contributed by atoms with van der Waals surface area (Å²) in [5.41, 5.74) is 4.66. The second-order valence-electron chi connectivity index (χ2n) is 9.52. The van der Waals surface area contributed by atoms with Crippen molar-refractivity contribution < 1.29 is 14.6 Å². The SMILES string of the molecule is Cc1ccnc(Cn2c(-c3ccc(CCN(C)C(=O)O)cc3Cl)nc3c(OC4(C)CC4)ncnc32)c1. The van der Waals surface area contributed by atoms with E-state index in [0.717, 1.165) is 35.2 Å². The van der Waals surface area contributed by atoms with Crippen LogP contribution in [0.15, 0.2) is 42.9 Å². The lowest BCUT2D eigenvalue weighted by Crippen LogP contribution is -2.26. The summed E-state index contributed by atoms with van der Waals surface area (Å²) in [4.78, 5) is 30.7. The van der Waals surface area contributed by atoms with Crippen LogP contribution < -0.4 is 4.74 Å². The Morgan fingerprint density at radius 2 is 2.03 bits per heavy atom. The summed E-state index contributed by atoms with van der Waals surface area (Å²) in [5, 5.41) is 9.62. The fourth-order valence-corrected chi connectivity index (χ4v) is 4.28. The molecule has 1 saturated carbocycles. The number of carbonyl (C=O) groups is 1. The number of halogens is 1. The van der Waals surface area contributed by atoms with E-state index in [0.29, 0.717) is 47.4 Å². The van der Waals surface area contributed by atoms with E-state index in [1.807, 2.05) is 41.8 Å². The monoisotopic (exact) mass is 506 g/mol. The Hall–Kier alpha value is -3.72. The van der Waals surface area contributed by atoms with Crippen LogP contribution in [0.4, 0.5) is 4.79 Å². The lowest BCUT2D eigenvalue weighted by Gasteiger charge is -2.14. The predicted molar refractivity (Wildman–Crippen MR) is 136 cm³/mol. The molecule has 4 aromatic rings. The van der Waals surface area contributed by atoms with Gasteiger partial charge in [-0.1, -0.05) is 17.7 Å². The molecule has 1 aliphatic carbocycles. The van der Waals surface area contributed by atoms with Crippen LogP contribution >= 0.6 is 11.6 Å². The van der Waals surface area contributed by atoms with Gasteiger partial charge in [0.1, 0.15) is 17.8 Å². The van der Waals surface area contributed by atoms with Gasteiger partial charge in [0.15, 0.2) is 11.2 Å². The maximum absolute atomic E-state index is 11.1. The molecule has 3 aromatic heterocycles. The Morgan fingerprint density at radius 3 is 2.72 bits per heavy atom. The molecule has 0 bridgehead atoms. The van der Waals surface area contributed by atoms with Gasteiger partial charge < -0.3 is 19.3 Å². The third-order valence-electron chi connectivity index (χ3n) is 6.42. The number of aromatic nitrogens is 5. The number of nitrogens with zero attached hydrogens (tertiary/aromatic N) is 6. The van der Waals surface area contributed by atoms with Gasteiger partial charge in [0.05, 0.1) is 17.3 Å². The molecule has 1 fully saturated rings. The number of benzene rings is 1. The van der Waals surface area contributed by atoms with Crippen molar-refractivity contribution in [2.45, 2.75) is 45.3 Å². The van der Waals surface area contributed by atoms with Gasteiger partial charge in [-0.25, -0.2) is 14.8 Å². The largest absolute Gasteiger partial charge is 0.470 e. The van der Waals surface area contributed by atoms with Gasteiger partial charge in [0.2, 0.25) is 5.88 Å². The highest BCUT2D eigenvalue weighted by atomic mass is 35.5. The van der Waals surface area contributed by atoms with Crippen molar-refractivity contribution in [1.82, 2.24) is 29.4 Å². The van der Waals surface area contributed by atoms with Gasteiger partial charge in [-0.15, -0.1) is 0 Å². The molecule has 36 heavy (non-hydrogen) atoms. The Morgan fingerprint density at radius 1 is 1.22 bits per heavy atom. The molecular formula is C26H27ClN6O3. The smallest absolute Gasteiger partial charge is 0.407 e. The van der Waals surface area contributed by atoms with Crippen LogP contribution in [0.5, 0.6) is 5.88 Å². The summed E-state index contributed by atoms with van der Waals surface area (Å²) in [5.74, 6) is 1.10. The molecule has 1 aliphatic rings. The average Bonchev–Trinajstić information content (AvgIpc) is 3.46. The van der Waals surface area contributed by atoms with Crippen LogP contribution in [-0.2, 0) is 13.0 Å². The third kappa shape index (κ3) is 4.97. The van der Waals surface area contributed by atoms with Gasteiger partial charge >= 0.3 is 6.09 Å². The molecule has 1 amide bonds. The minimum absolute atomic E-state index is 0.217. The number of hydrogen-bond acceptors (Lipinski definition) is 6. The molecule has 0 unspecified atom stereocenters. The second-order valence-corrected chi connectivity index (χ2v) is 9.92. The number of carboxylic acid groups (broad SMARTS) is 1. The van der Waals surface area contributed by atoms with E-state index in [9.17, 15) is 4.79 Å². The van der Waals surface area contributed by atoms with Crippen LogP contribution in [0.3, 0.4) is 0 Å². The van der Waals surface area contributed by atoms with Gasteiger partial charge in [0.25, 0.3) is 0 Å². The minimum atomic E-state index is -0.963. The molecule has 1 aromatic carbocycles. The fraction of sp³-hybridized carbons (Fsp3) is 0.346. The molecule has 0 spiro atoms. The first-order valence-electron chi connectivity index (χ1n) is 11.8. The lowest BCUT2D eigenvalue weighted by atomic mass is 10.1. The number of rotatable bonds is 8. The van der Waals surface area contributed by atoms with Crippen LogP contribution in [0.1, 0.15) is 36.6 Å². The molecule has 0 radical (unpaired) electrons. The summed E-state index contributed by atoms with van der Waals surface area (Å²) >= 11 is 6.76. The maximum atomic E-state index is 11.1. The molecule has 3 heterocycles. The van der Waals surface area contributed by atoms with Crippen LogP contribution in [0.2, 0.25) is 5.02 Å². The first-order valence-corrected chi connectivity index (χ1v) is 12.1. The average molecular weight is 507 g/mol. The van der Waals surface area contributed by atoms with Gasteiger partial charge in [-0.2, -0.15) is 4.98 Å². The zero-order chi connectivity index (χ0) is 25.4. The Bertz CT molecular complexity index is 1450. The maximum Gasteiger partial charge on any atom is 0.407 e. The molecule has 0 saturated heterocycles. The van der Waals surface area contributed by atoms with Crippen molar-refractivity contribution >= 4 is 28.9 Å². The molecule has 5 rings (SSSR count). The highest BCUT2D eigenvalue weighted by Crippen LogP contribution is 2.41. The molecule has 0 aliphatic heterocycles. The number of fused-ring (bicyclic) bond motifs is 1. The van der Waals surface area contributed by atoms with Crippen molar-refractivity contribution in [2.24, 2.45) is 0 Å². The zero-order valence-electron chi connectivity index (χ0n) is 20.4. The van der Waals surface area contributed by atoms with Gasteiger partial charge in [-0.05, 0) is 68.5 Å². The number of amides is 1. The summed E-state index contributed by atoms with van der Waals surface area (Å²) in [6, 6.07) is 9.70. The van der Waals surface area contributed by atoms with E-state index in [1.54, 1.807) is 13.2 Å². The summed E-state index contributed by atoms with van der Waals surface area (Å²) < 4.78 is 8.18. The van der Waals surface area contributed by atoms with Crippen molar-refractivity contribution in [3.63, 3.8) is 0 Å². The Labute approximate surface area is 213 Å². The molecule has 1 N–H and O–H groups in total. The molecule has 186 valence electrons. The van der Waals surface area contributed by atoms with E-state index >= 15 is 0 Å². The number of likely N-dealkylation sites (N-methyl/N-ethyl adjacent to an activating group) is 1. The summed E-state index contributed by atoms with van der Waals surface area (Å²) in [6.07, 6.45) is 4.83. The second kappa shape index (κ2) is 9.39. The zero-order valence-corrected chi connectivity index (χ0v) is 21.2. The normalized spacial score (nSPS) is 14.1. The van der Waals surface area contributed by atoms with Crippen molar-refractivity contribution in [3.05, 3.63) is 64.7 Å². The van der Waals surface area contributed by atoms with E-state index in [-0.39, 0.29) is 5.60 Å². The van der Waals surface area contributed by atoms with Crippen molar-refractivity contribution in [3.8, 4) is 17.3 Å². The van der Waals surface area contributed by atoms with Crippen LogP contribution in [-0.4, -0.2) is 59.8 Å². The van der Waals surface area contributed by atoms with Crippen LogP contribution in [0.25, 0.3) is 22.6 Å². The van der Waals surface area contributed by atoms with E-state index in [4.69, 9.17) is 26.4 Å². The van der Waals surface area contributed by atoms with Crippen molar-refractivity contribution in [1.29, 1.82) is 0 Å².